The van der Waals surface area contributed by atoms with Gasteiger partial charge in [-0.3, -0.25) is 0 Å². The van der Waals surface area contributed by atoms with Gasteiger partial charge in [0.15, 0.2) is 0 Å². The van der Waals surface area contributed by atoms with Crippen molar-refractivity contribution < 1.29 is 0 Å². The second-order valence-corrected chi connectivity index (χ2v) is 5.32. The molecule has 0 spiro atoms. The lowest BCUT2D eigenvalue weighted by Gasteiger charge is -2.19. The van der Waals surface area contributed by atoms with E-state index in [-0.39, 0.29) is 0 Å². The average molecular weight is 269 g/mol. The highest BCUT2D eigenvalue weighted by Crippen LogP contribution is 2.23. The van der Waals surface area contributed by atoms with Gasteiger partial charge in [-0.15, -0.1) is 0 Å². The van der Waals surface area contributed by atoms with E-state index < -0.39 is 0 Å². The molecule has 106 valence electrons. The van der Waals surface area contributed by atoms with Gasteiger partial charge in [0.2, 0.25) is 0 Å². The number of nitrogens with one attached hydrogen (secondary N) is 1. The van der Waals surface area contributed by atoms with Gasteiger partial charge in [0.25, 0.3) is 0 Å². The standard InChI is InChI=1S/C17H23N3/c1-5-16(14-8-6-13(2)7-9-14)19-15-10-11-17(18-12-15)20(3)4/h6-12,16,19H,5H2,1-4H3. The van der Waals surface area contributed by atoms with E-state index in [1.807, 2.05) is 31.3 Å². The van der Waals surface area contributed by atoms with E-state index in [1.165, 1.54) is 11.1 Å². The Hall–Kier alpha value is -2.03. The number of hydrogen-bond acceptors (Lipinski definition) is 3. The molecule has 0 radical (unpaired) electrons. The van der Waals surface area contributed by atoms with Crippen molar-refractivity contribution in [3.05, 3.63) is 53.7 Å². The van der Waals surface area contributed by atoms with Gasteiger partial charge in [-0.25, -0.2) is 4.98 Å². The third kappa shape index (κ3) is 3.50. The summed E-state index contributed by atoms with van der Waals surface area (Å²) in [5, 5.41) is 3.55. The molecular formula is C17H23N3. The fourth-order valence-electron chi connectivity index (χ4n) is 2.16. The molecule has 2 rings (SSSR count). The minimum absolute atomic E-state index is 0.322. The maximum atomic E-state index is 4.44. The van der Waals surface area contributed by atoms with E-state index >= 15 is 0 Å². The van der Waals surface area contributed by atoms with E-state index in [9.17, 15) is 0 Å². The minimum Gasteiger partial charge on any atom is -0.377 e. The van der Waals surface area contributed by atoms with Gasteiger partial charge in [0, 0.05) is 14.1 Å². The predicted octanol–water partition coefficient (Wildman–Crippen LogP) is 4.02. The summed E-state index contributed by atoms with van der Waals surface area (Å²) < 4.78 is 0. The molecule has 3 nitrogen and oxygen atoms in total. The highest BCUT2D eigenvalue weighted by molar-refractivity contribution is 5.49. The Bertz CT molecular complexity index is 529. The second kappa shape index (κ2) is 6.42. The van der Waals surface area contributed by atoms with Gasteiger partial charge in [0.1, 0.15) is 5.82 Å². The van der Waals surface area contributed by atoms with Gasteiger partial charge >= 0.3 is 0 Å². The number of hydrogen-bond donors (Lipinski definition) is 1. The van der Waals surface area contributed by atoms with Gasteiger partial charge in [0.05, 0.1) is 17.9 Å². The van der Waals surface area contributed by atoms with Crippen LogP contribution >= 0.6 is 0 Å². The van der Waals surface area contributed by atoms with E-state index in [2.05, 4.69) is 54.5 Å². The van der Waals surface area contributed by atoms with Crippen molar-refractivity contribution in [2.75, 3.05) is 24.3 Å². The zero-order valence-electron chi connectivity index (χ0n) is 12.7. The number of aryl methyl sites for hydroxylation is 1. The van der Waals surface area contributed by atoms with Gasteiger partial charge in [-0.1, -0.05) is 36.8 Å². The van der Waals surface area contributed by atoms with E-state index in [1.54, 1.807) is 0 Å². The number of anilines is 2. The summed E-state index contributed by atoms with van der Waals surface area (Å²) in [7, 11) is 3.99. The first-order valence-electron chi connectivity index (χ1n) is 7.06. The topological polar surface area (TPSA) is 28.2 Å². The normalized spacial score (nSPS) is 12.0. The number of aromatic nitrogens is 1. The maximum absolute atomic E-state index is 4.44. The summed E-state index contributed by atoms with van der Waals surface area (Å²) in [5.74, 6) is 0.971. The first kappa shape index (κ1) is 14.4. The Morgan fingerprint density at radius 3 is 2.30 bits per heavy atom. The molecule has 0 aliphatic carbocycles. The molecule has 1 aromatic heterocycles. The van der Waals surface area contributed by atoms with Crippen molar-refractivity contribution in [1.29, 1.82) is 0 Å². The van der Waals surface area contributed by atoms with Gasteiger partial charge in [-0.05, 0) is 31.0 Å². The summed E-state index contributed by atoms with van der Waals surface area (Å²) in [5.41, 5.74) is 3.67. The average Bonchev–Trinajstić information content (AvgIpc) is 2.46. The third-order valence-corrected chi connectivity index (χ3v) is 3.43. The van der Waals surface area contributed by atoms with Crippen molar-refractivity contribution in [2.45, 2.75) is 26.3 Å². The Morgan fingerprint density at radius 1 is 1.10 bits per heavy atom. The van der Waals surface area contributed by atoms with Gasteiger partial charge < -0.3 is 10.2 Å². The van der Waals surface area contributed by atoms with Crippen molar-refractivity contribution in [3.8, 4) is 0 Å². The maximum Gasteiger partial charge on any atom is 0.128 e. The fraction of sp³-hybridized carbons (Fsp3) is 0.353. The van der Waals surface area contributed by atoms with Crippen LogP contribution in [-0.4, -0.2) is 19.1 Å². The predicted molar refractivity (Wildman–Crippen MR) is 86.4 cm³/mol. The Balaban J connectivity index is 2.11. The molecule has 1 unspecified atom stereocenters. The summed E-state index contributed by atoms with van der Waals surface area (Å²) >= 11 is 0. The SMILES string of the molecule is CCC(Nc1ccc(N(C)C)nc1)c1ccc(C)cc1. The van der Waals surface area contributed by atoms with Crippen LogP contribution in [0.4, 0.5) is 11.5 Å². The van der Waals surface area contributed by atoms with Crippen molar-refractivity contribution >= 4 is 11.5 Å². The van der Waals surface area contributed by atoms with Crippen molar-refractivity contribution in [1.82, 2.24) is 4.98 Å². The molecule has 1 N–H and O–H groups in total. The highest BCUT2D eigenvalue weighted by Gasteiger charge is 2.09. The monoisotopic (exact) mass is 269 g/mol. The van der Waals surface area contributed by atoms with Crippen molar-refractivity contribution in [3.63, 3.8) is 0 Å². The molecule has 0 fully saturated rings. The molecule has 0 amide bonds. The first-order valence-corrected chi connectivity index (χ1v) is 7.06. The van der Waals surface area contributed by atoms with Crippen LogP contribution in [0.25, 0.3) is 0 Å². The molecule has 2 aromatic rings. The van der Waals surface area contributed by atoms with Crippen LogP contribution in [0.1, 0.15) is 30.5 Å². The molecule has 1 atom stereocenters. The van der Waals surface area contributed by atoms with Gasteiger partial charge in [-0.2, -0.15) is 0 Å². The molecule has 0 bridgehead atoms. The Labute approximate surface area is 121 Å². The Kier molecular flexibility index (Phi) is 4.61. The quantitative estimate of drug-likeness (QED) is 0.888. The molecular weight excluding hydrogens is 246 g/mol. The van der Waals surface area contributed by atoms with Crippen LogP contribution in [-0.2, 0) is 0 Å². The van der Waals surface area contributed by atoms with E-state index in [4.69, 9.17) is 0 Å². The number of benzene rings is 1. The highest BCUT2D eigenvalue weighted by atomic mass is 15.1. The second-order valence-electron chi connectivity index (χ2n) is 5.32. The smallest absolute Gasteiger partial charge is 0.128 e. The lowest BCUT2D eigenvalue weighted by molar-refractivity contribution is 0.748. The summed E-state index contributed by atoms with van der Waals surface area (Å²) in [6.45, 7) is 4.31. The van der Waals surface area contributed by atoms with E-state index in [0.717, 1.165) is 17.9 Å². The molecule has 0 saturated carbocycles. The van der Waals surface area contributed by atoms with E-state index in [0.29, 0.717) is 6.04 Å². The lowest BCUT2D eigenvalue weighted by Crippen LogP contribution is -2.12. The largest absolute Gasteiger partial charge is 0.377 e. The molecule has 0 saturated heterocycles. The zero-order valence-corrected chi connectivity index (χ0v) is 12.7. The first-order chi connectivity index (χ1) is 9.60. The molecule has 1 heterocycles. The number of nitrogens with zero attached hydrogens (tertiary/aromatic N) is 2. The van der Waals surface area contributed by atoms with Crippen LogP contribution in [0.3, 0.4) is 0 Å². The summed E-state index contributed by atoms with van der Waals surface area (Å²) in [6.07, 6.45) is 2.94. The summed E-state index contributed by atoms with van der Waals surface area (Å²) in [6, 6.07) is 13.1. The summed E-state index contributed by atoms with van der Waals surface area (Å²) in [4.78, 5) is 6.44. The third-order valence-electron chi connectivity index (χ3n) is 3.43. The van der Waals surface area contributed by atoms with Crippen LogP contribution in [0.2, 0.25) is 0 Å². The molecule has 1 aromatic carbocycles. The van der Waals surface area contributed by atoms with Crippen LogP contribution < -0.4 is 10.2 Å². The molecule has 20 heavy (non-hydrogen) atoms. The number of rotatable bonds is 5. The zero-order chi connectivity index (χ0) is 14.5. The fourth-order valence-corrected chi connectivity index (χ4v) is 2.16. The Morgan fingerprint density at radius 2 is 1.80 bits per heavy atom. The minimum atomic E-state index is 0.322. The molecule has 3 heteroatoms. The molecule has 0 aliphatic heterocycles. The van der Waals surface area contributed by atoms with Crippen LogP contribution in [0.15, 0.2) is 42.6 Å². The van der Waals surface area contributed by atoms with Crippen LogP contribution in [0.5, 0.6) is 0 Å². The van der Waals surface area contributed by atoms with Crippen molar-refractivity contribution in [2.24, 2.45) is 0 Å². The van der Waals surface area contributed by atoms with Crippen LogP contribution in [0, 0.1) is 6.92 Å². The lowest BCUT2D eigenvalue weighted by atomic mass is 10.0. The molecule has 0 aliphatic rings. The number of pyridine rings is 1.